The fourth-order valence-electron chi connectivity index (χ4n) is 3.93. The van der Waals surface area contributed by atoms with Crippen LogP contribution in [0.1, 0.15) is 12.8 Å². The molecule has 0 amide bonds. The summed E-state index contributed by atoms with van der Waals surface area (Å²) in [5, 5.41) is 0. The molecule has 5 rings (SSSR count). The fraction of sp³-hybridized carbons (Fsp3) is 0.273. The van der Waals surface area contributed by atoms with Gasteiger partial charge in [-0.2, -0.15) is 0 Å². The van der Waals surface area contributed by atoms with Crippen molar-refractivity contribution in [3.05, 3.63) is 71.5 Å². The van der Waals surface area contributed by atoms with E-state index in [9.17, 15) is 4.79 Å². The number of rotatable bonds is 4. The summed E-state index contributed by atoms with van der Waals surface area (Å²) >= 11 is 0. The van der Waals surface area contributed by atoms with E-state index in [1.165, 1.54) is 0 Å². The molecule has 4 heterocycles. The van der Waals surface area contributed by atoms with Gasteiger partial charge in [0.25, 0.3) is 5.56 Å². The lowest BCUT2D eigenvalue weighted by Gasteiger charge is -2.31. The zero-order valence-electron chi connectivity index (χ0n) is 16.0. The quantitative estimate of drug-likeness (QED) is 0.583. The van der Waals surface area contributed by atoms with Crippen LogP contribution in [-0.4, -0.2) is 37.6 Å². The Morgan fingerprint density at radius 2 is 1.97 bits per heavy atom. The summed E-state index contributed by atoms with van der Waals surface area (Å²) in [6, 6.07) is 13.4. The predicted molar refractivity (Wildman–Crippen MR) is 113 cm³/mol. The average Bonchev–Trinajstić information content (AvgIpc) is 3.20. The Morgan fingerprint density at radius 3 is 2.72 bits per heavy atom. The maximum Gasteiger partial charge on any atom is 0.253 e. The van der Waals surface area contributed by atoms with Gasteiger partial charge in [0.05, 0.1) is 23.1 Å². The van der Waals surface area contributed by atoms with Crippen LogP contribution >= 0.6 is 0 Å². The normalized spacial score (nSPS) is 15.1. The molecule has 4 aromatic rings. The Labute approximate surface area is 168 Å². The van der Waals surface area contributed by atoms with Crippen LogP contribution in [0.2, 0.25) is 0 Å². The summed E-state index contributed by atoms with van der Waals surface area (Å²) < 4.78 is 1.72. The lowest BCUT2D eigenvalue weighted by Crippen LogP contribution is -2.36. The highest BCUT2D eigenvalue weighted by Gasteiger charge is 2.22. The zero-order chi connectivity index (χ0) is 19.6. The number of nitrogens with zero attached hydrogens (tertiary/aromatic N) is 5. The summed E-state index contributed by atoms with van der Waals surface area (Å²) in [7, 11) is 0. The SMILES string of the molecule is O=c1cc(-c2cccnc2)ncn1CC1CCN(c2nc3ccccc3[nH]2)CC1. The van der Waals surface area contributed by atoms with Crippen LogP contribution in [0.5, 0.6) is 0 Å². The number of hydrogen-bond donors (Lipinski definition) is 1. The molecule has 1 N–H and O–H groups in total. The van der Waals surface area contributed by atoms with Crippen LogP contribution in [0.4, 0.5) is 5.95 Å². The second-order valence-corrected chi connectivity index (χ2v) is 7.51. The number of H-pyrrole nitrogens is 1. The van der Waals surface area contributed by atoms with Crippen LogP contribution in [0.3, 0.4) is 0 Å². The van der Waals surface area contributed by atoms with Crippen LogP contribution < -0.4 is 10.5 Å². The first kappa shape index (κ1) is 17.6. The first-order valence-corrected chi connectivity index (χ1v) is 9.93. The molecule has 0 spiro atoms. The molecule has 29 heavy (non-hydrogen) atoms. The van der Waals surface area contributed by atoms with E-state index in [-0.39, 0.29) is 5.56 Å². The molecule has 0 aliphatic carbocycles. The monoisotopic (exact) mass is 386 g/mol. The van der Waals surface area contributed by atoms with E-state index in [1.54, 1.807) is 29.4 Å². The van der Waals surface area contributed by atoms with Crippen LogP contribution in [0, 0.1) is 5.92 Å². The van der Waals surface area contributed by atoms with Gasteiger partial charge in [0.15, 0.2) is 0 Å². The minimum absolute atomic E-state index is 0.0152. The molecule has 3 aromatic heterocycles. The summed E-state index contributed by atoms with van der Waals surface area (Å²) in [5.74, 6) is 1.39. The topological polar surface area (TPSA) is 79.7 Å². The minimum atomic E-state index is -0.0152. The maximum absolute atomic E-state index is 12.5. The summed E-state index contributed by atoms with van der Waals surface area (Å²) in [6.07, 6.45) is 7.14. The van der Waals surface area contributed by atoms with Crippen LogP contribution in [-0.2, 0) is 6.54 Å². The largest absolute Gasteiger partial charge is 0.342 e. The van der Waals surface area contributed by atoms with Crippen molar-refractivity contribution >= 4 is 17.0 Å². The van der Waals surface area contributed by atoms with E-state index >= 15 is 0 Å². The third kappa shape index (κ3) is 3.63. The smallest absolute Gasteiger partial charge is 0.253 e. The molecule has 0 atom stereocenters. The van der Waals surface area contributed by atoms with Crippen molar-refractivity contribution in [3.8, 4) is 11.3 Å². The van der Waals surface area contributed by atoms with Crippen molar-refractivity contribution < 1.29 is 0 Å². The standard InChI is InChI=1S/C22H22N6O/c29-21-12-20(17-4-3-9-23-13-17)24-15-28(21)14-16-7-10-27(11-8-16)22-25-18-5-1-2-6-19(18)26-22/h1-6,9,12-13,15-16H,7-8,10-11,14H2,(H,25,26). The number of benzene rings is 1. The summed E-state index contributed by atoms with van der Waals surface area (Å²) in [4.78, 5) is 31.5. The highest BCUT2D eigenvalue weighted by molar-refractivity contribution is 5.77. The van der Waals surface area contributed by atoms with Gasteiger partial charge in [-0.05, 0) is 43.0 Å². The van der Waals surface area contributed by atoms with Gasteiger partial charge >= 0.3 is 0 Å². The van der Waals surface area contributed by atoms with Crippen molar-refractivity contribution in [3.63, 3.8) is 0 Å². The number of aromatic nitrogens is 5. The lowest BCUT2D eigenvalue weighted by molar-refractivity contribution is 0.349. The Kier molecular flexibility index (Phi) is 4.56. The van der Waals surface area contributed by atoms with Gasteiger partial charge in [0, 0.05) is 43.7 Å². The summed E-state index contributed by atoms with van der Waals surface area (Å²) in [6.45, 7) is 2.56. The van der Waals surface area contributed by atoms with Crippen LogP contribution in [0.25, 0.3) is 22.3 Å². The van der Waals surface area contributed by atoms with Gasteiger partial charge in [0.1, 0.15) is 0 Å². The van der Waals surface area contributed by atoms with E-state index in [0.29, 0.717) is 18.2 Å². The number of imidazole rings is 1. The molecule has 1 aliphatic heterocycles. The number of hydrogen-bond acceptors (Lipinski definition) is 5. The average molecular weight is 386 g/mol. The third-order valence-electron chi connectivity index (χ3n) is 5.58. The molecular weight excluding hydrogens is 364 g/mol. The number of anilines is 1. The number of pyridine rings is 1. The second-order valence-electron chi connectivity index (χ2n) is 7.51. The molecule has 1 fully saturated rings. The van der Waals surface area contributed by atoms with E-state index in [2.05, 4.69) is 19.9 Å². The first-order valence-electron chi connectivity index (χ1n) is 9.93. The molecule has 1 saturated heterocycles. The van der Waals surface area contributed by atoms with Crippen molar-refractivity contribution in [2.75, 3.05) is 18.0 Å². The maximum atomic E-state index is 12.5. The Bertz CT molecular complexity index is 1140. The molecule has 0 saturated carbocycles. The van der Waals surface area contributed by atoms with E-state index < -0.39 is 0 Å². The van der Waals surface area contributed by atoms with E-state index in [1.807, 2.05) is 36.4 Å². The first-order chi connectivity index (χ1) is 14.3. The number of piperidine rings is 1. The number of para-hydroxylation sites is 2. The van der Waals surface area contributed by atoms with Crippen molar-refractivity contribution in [1.82, 2.24) is 24.5 Å². The van der Waals surface area contributed by atoms with Crippen molar-refractivity contribution in [2.24, 2.45) is 5.92 Å². The van der Waals surface area contributed by atoms with Gasteiger partial charge in [-0.1, -0.05) is 12.1 Å². The molecule has 7 nitrogen and oxygen atoms in total. The molecule has 1 aliphatic rings. The Balaban J connectivity index is 1.24. The zero-order valence-corrected chi connectivity index (χ0v) is 16.0. The lowest BCUT2D eigenvalue weighted by atomic mass is 9.97. The molecular formula is C22H22N6O. The molecule has 0 radical (unpaired) electrons. The van der Waals surface area contributed by atoms with Gasteiger partial charge in [-0.3, -0.25) is 14.3 Å². The summed E-state index contributed by atoms with van der Waals surface area (Å²) in [5.41, 5.74) is 3.57. The fourth-order valence-corrected chi connectivity index (χ4v) is 3.93. The minimum Gasteiger partial charge on any atom is -0.342 e. The Morgan fingerprint density at radius 1 is 1.10 bits per heavy atom. The predicted octanol–water partition coefficient (Wildman–Crippen LogP) is 3.10. The van der Waals surface area contributed by atoms with Gasteiger partial charge in [0.2, 0.25) is 5.95 Å². The van der Waals surface area contributed by atoms with Gasteiger partial charge in [-0.15, -0.1) is 0 Å². The third-order valence-corrected chi connectivity index (χ3v) is 5.58. The molecule has 0 bridgehead atoms. The second kappa shape index (κ2) is 7.50. The van der Waals surface area contributed by atoms with E-state index in [4.69, 9.17) is 4.98 Å². The van der Waals surface area contributed by atoms with Crippen molar-refractivity contribution in [2.45, 2.75) is 19.4 Å². The molecule has 0 unspecified atom stereocenters. The highest BCUT2D eigenvalue weighted by atomic mass is 16.1. The van der Waals surface area contributed by atoms with Gasteiger partial charge in [-0.25, -0.2) is 9.97 Å². The van der Waals surface area contributed by atoms with E-state index in [0.717, 1.165) is 48.5 Å². The van der Waals surface area contributed by atoms with Crippen molar-refractivity contribution in [1.29, 1.82) is 0 Å². The number of fused-ring (bicyclic) bond motifs is 1. The number of aromatic amines is 1. The Hall–Kier alpha value is -3.48. The van der Waals surface area contributed by atoms with Crippen LogP contribution in [0.15, 0.2) is 66.0 Å². The molecule has 146 valence electrons. The van der Waals surface area contributed by atoms with Gasteiger partial charge < -0.3 is 9.88 Å². The number of nitrogens with one attached hydrogen (secondary N) is 1. The molecule has 1 aromatic carbocycles. The highest BCUT2D eigenvalue weighted by Crippen LogP contribution is 2.24. The molecule has 7 heteroatoms.